The predicted octanol–water partition coefficient (Wildman–Crippen LogP) is 2.50. The van der Waals surface area contributed by atoms with Crippen LogP contribution in [0.25, 0.3) is 5.76 Å². The van der Waals surface area contributed by atoms with E-state index in [1.54, 1.807) is 54.6 Å². The van der Waals surface area contributed by atoms with Crippen LogP contribution in [0.3, 0.4) is 0 Å². The maximum absolute atomic E-state index is 12.8. The van der Waals surface area contributed by atoms with Gasteiger partial charge < -0.3 is 19.8 Å². The number of para-hydroxylation sites is 1. The van der Waals surface area contributed by atoms with Gasteiger partial charge in [-0.3, -0.25) is 9.59 Å². The van der Waals surface area contributed by atoms with Gasteiger partial charge in [-0.2, -0.15) is 0 Å². The highest BCUT2D eigenvalue weighted by molar-refractivity contribution is 6.46. The molecule has 140 valence electrons. The fourth-order valence-electron chi connectivity index (χ4n) is 3.32. The lowest BCUT2D eigenvalue weighted by atomic mass is 9.94. The molecular weight excluding hydrogens is 346 g/mol. The molecule has 6 nitrogen and oxygen atoms in total. The average Bonchev–Trinajstić information content (AvgIpc) is 2.92. The van der Waals surface area contributed by atoms with Crippen LogP contribution in [0.4, 0.5) is 0 Å². The predicted molar refractivity (Wildman–Crippen MR) is 100 cm³/mol. The van der Waals surface area contributed by atoms with Crippen LogP contribution in [0.15, 0.2) is 60.2 Å². The third-order valence-corrected chi connectivity index (χ3v) is 4.48. The first-order valence-electron chi connectivity index (χ1n) is 8.60. The Kier molecular flexibility index (Phi) is 5.28. The standard InChI is InChI=1S/C21H21NO5/c1-13(23)12-22-18(15-10-6-7-11-16(15)27-2)17(20(25)21(22)26)19(24)14-8-4-3-5-9-14/h3-11,13,18,23-24H,12H2,1-2H3/t13-,18+/m0/s1. The summed E-state index contributed by atoms with van der Waals surface area (Å²) in [5, 5.41) is 20.7. The van der Waals surface area contributed by atoms with Crippen molar-refractivity contribution in [1.82, 2.24) is 4.90 Å². The van der Waals surface area contributed by atoms with E-state index in [9.17, 15) is 19.8 Å². The quantitative estimate of drug-likeness (QED) is 0.482. The lowest BCUT2D eigenvalue weighted by molar-refractivity contribution is -0.140. The SMILES string of the molecule is COc1ccccc1[C@@H]1C(=C(O)c2ccccc2)C(=O)C(=O)N1C[C@H](C)O. The molecule has 6 heteroatoms. The van der Waals surface area contributed by atoms with E-state index in [1.807, 2.05) is 0 Å². The molecule has 2 aromatic carbocycles. The third kappa shape index (κ3) is 3.44. The molecule has 27 heavy (non-hydrogen) atoms. The smallest absolute Gasteiger partial charge is 0.295 e. The van der Waals surface area contributed by atoms with E-state index in [1.165, 1.54) is 18.9 Å². The summed E-state index contributed by atoms with van der Waals surface area (Å²) in [4.78, 5) is 26.7. The second-order valence-corrected chi connectivity index (χ2v) is 6.41. The number of amides is 1. The molecule has 0 spiro atoms. The molecule has 2 aromatic rings. The number of nitrogens with zero attached hydrogens (tertiary/aromatic N) is 1. The molecule has 1 heterocycles. The maximum Gasteiger partial charge on any atom is 0.295 e. The summed E-state index contributed by atoms with van der Waals surface area (Å²) in [6.45, 7) is 1.49. The topological polar surface area (TPSA) is 87.1 Å². The monoisotopic (exact) mass is 367 g/mol. The average molecular weight is 367 g/mol. The second kappa shape index (κ2) is 7.63. The van der Waals surface area contributed by atoms with Gasteiger partial charge in [0.2, 0.25) is 0 Å². The normalized spacial score (nSPS) is 20.0. The Morgan fingerprint density at radius 2 is 1.74 bits per heavy atom. The molecule has 3 rings (SSSR count). The summed E-state index contributed by atoms with van der Waals surface area (Å²) in [5.74, 6) is -1.31. The summed E-state index contributed by atoms with van der Waals surface area (Å²) >= 11 is 0. The van der Waals surface area contributed by atoms with Gasteiger partial charge in [0, 0.05) is 17.7 Å². The van der Waals surface area contributed by atoms with Crippen LogP contribution in [-0.4, -0.2) is 46.6 Å². The van der Waals surface area contributed by atoms with Crippen molar-refractivity contribution in [1.29, 1.82) is 0 Å². The van der Waals surface area contributed by atoms with Gasteiger partial charge >= 0.3 is 0 Å². The molecule has 0 saturated carbocycles. The lowest BCUT2D eigenvalue weighted by Crippen LogP contribution is -2.35. The van der Waals surface area contributed by atoms with Crippen LogP contribution >= 0.6 is 0 Å². The molecule has 1 saturated heterocycles. The van der Waals surface area contributed by atoms with Crippen molar-refractivity contribution in [3.8, 4) is 5.75 Å². The zero-order chi connectivity index (χ0) is 19.6. The number of β-amino-alcohol motifs (C(OH)–C–C–N with tert-alkyl or cyclic N) is 1. The van der Waals surface area contributed by atoms with Crippen molar-refractivity contribution in [3.63, 3.8) is 0 Å². The van der Waals surface area contributed by atoms with Gasteiger partial charge in [0.25, 0.3) is 11.7 Å². The summed E-state index contributed by atoms with van der Waals surface area (Å²) in [6.07, 6.45) is -0.836. The van der Waals surface area contributed by atoms with Crippen molar-refractivity contribution in [3.05, 3.63) is 71.3 Å². The highest BCUT2D eigenvalue weighted by Crippen LogP contribution is 2.42. The number of carbonyl (C=O) groups is 2. The van der Waals surface area contributed by atoms with Crippen LogP contribution in [0.1, 0.15) is 24.1 Å². The van der Waals surface area contributed by atoms with E-state index in [0.29, 0.717) is 16.9 Å². The van der Waals surface area contributed by atoms with Crippen molar-refractivity contribution in [2.45, 2.75) is 19.1 Å². The zero-order valence-corrected chi connectivity index (χ0v) is 15.1. The summed E-state index contributed by atoms with van der Waals surface area (Å²) in [7, 11) is 1.50. The number of likely N-dealkylation sites (tertiary alicyclic amines) is 1. The lowest BCUT2D eigenvalue weighted by Gasteiger charge is -2.27. The minimum atomic E-state index is -0.851. The van der Waals surface area contributed by atoms with E-state index >= 15 is 0 Å². The maximum atomic E-state index is 12.8. The first-order valence-corrected chi connectivity index (χ1v) is 8.60. The molecular formula is C21H21NO5. The molecule has 2 N–H and O–H groups in total. The van der Waals surface area contributed by atoms with Crippen molar-refractivity contribution >= 4 is 17.4 Å². The summed E-state index contributed by atoms with van der Waals surface area (Å²) in [6, 6.07) is 14.7. The zero-order valence-electron chi connectivity index (χ0n) is 15.1. The second-order valence-electron chi connectivity index (χ2n) is 6.41. The Labute approximate surface area is 157 Å². The molecule has 0 aromatic heterocycles. The number of ketones is 1. The minimum Gasteiger partial charge on any atom is -0.507 e. The van der Waals surface area contributed by atoms with Crippen LogP contribution < -0.4 is 4.74 Å². The molecule has 0 radical (unpaired) electrons. The number of rotatable bonds is 5. The fourth-order valence-corrected chi connectivity index (χ4v) is 3.32. The third-order valence-electron chi connectivity index (χ3n) is 4.48. The number of aliphatic hydroxyl groups is 2. The van der Waals surface area contributed by atoms with Gasteiger partial charge in [0.15, 0.2) is 0 Å². The Hall–Kier alpha value is -3.12. The number of aliphatic hydroxyl groups excluding tert-OH is 2. The number of ether oxygens (including phenoxy) is 1. The van der Waals surface area contributed by atoms with Crippen LogP contribution in [0.5, 0.6) is 5.75 Å². The number of hydrogen-bond donors (Lipinski definition) is 2. The molecule has 1 amide bonds. The number of methoxy groups -OCH3 is 1. The van der Waals surface area contributed by atoms with Gasteiger partial charge in [-0.05, 0) is 13.0 Å². The number of benzene rings is 2. The number of carbonyl (C=O) groups excluding carboxylic acids is 2. The van der Waals surface area contributed by atoms with Gasteiger partial charge in [-0.15, -0.1) is 0 Å². The molecule has 2 atom stereocenters. The Bertz CT molecular complexity index is 888. The van der Waals surface area contributed by atoms with Gasteiger partial charge in [-0.25, -0.2) is 0 Å². The Balaban J connectivity index is 2.23. The van der Waals surface area contributed by atoms with Crippen LogP contribution in [-0.2, 0) is 9.59 Å². The number of hydrogen-bond acceptors (Lipinski definition) is 5. The summed E-state index contributed by atoms with van der Waals surface area (Å²) < 4.78 is 5.40. The summed E-state index contributed by atoms with van der Waals surface area (Å²) in [5.41, 5.74) is 0.987. The Morgan fingerprint density at radius 1 is 1.11 bits per heavy atom. The fraction of sp³-hybridized carbons (Fsp3) is 0.238. The minimum absolute atomic E-state index is 0.0173. The van der Waals surface area contributed by atoms with E-state index in [2.05, 4.69) is 0 Å². The molecule has 1 aliphatic rings. The number of Topliss-reactive ketones (excluding diaryl/α,β-unsaturated/α-hetero) is 1. The van der Waals surface area contributed by atoms with Crippen molar-refractivity contribution < 1.29 is 24.5 Å². The molecule has 0 aliphatic carbocycles. The highest BCUT2D eigenvalue weighted by atomic mass is 16.5. The first-order chi connectivity index (χ1) is 13.0. The van der Waals surface area contributed by atoms with Gasteiger partial charge in [0.1, 0.15) is 11.5 Å². The van der Waals surface area contributed by atoms with E-state index in [0.717, 1.165) is 0 Å². The van der Waals surface area contributed by atoms with E-state index in [-0.39, 0.29) is 17.9 Å². The molecule has 1 aliphatic heterocycles. The van der Waals surface area contributed by atoms with E-state index < -0.39 is 23.8 Å². The van der Waals surface area contributed by atoms with Crippen molar-refractivity contribution in [2.75, 3.05) is 13.7 Å². The molecule has 0 unspecified atom stereocenters. The highest BCUT2D eigenvalue weighted by Gasteiger charge is 2.47. The molecule has 0 bridgehead atoms. The van der Waals surface area contributed by atoms with E-state index in [4.69, 9.17) is 4.74 Å². The van der Waals surface area contributed by atoms with Crippen LogP contribution in [0, 0.1) is 0 Å². The van der Waals surface area contributed by atoms with Gasteiger partial charge in [-0.1, -0.05) is 48.5 Å². The van der Waals surface area contributed by atoms with Crippen LogP contribution in [0.2, 0.25) is 0 Å². The molecule has 1 fully saturated rings. The van der Waals surface area contributed by atoms with Gasteiger partial charge in [0.05, 0.1) is 24.8 Å². The first kappa shape index (κ1) is 18.7. The largest absolute Gasteiger partial charge is 0.507 e. The van der Waals surface area contributed by atoms with Crippen molar-refractivity contribution in [2.24, 2.45) is 0 Å². The Morgan fingerprint density at radius 3 is 2.37 bits per heavy atom.